The summed E-state index contributed by atoms with van der Waals surface area (Å²) in [6, 6.07) is 1.13. The van der Waals surface area contributed by atoms with Crippen LogP contribution in [0.4, 0.5) is 0 Å². The number of piperidine rings is 1. The zero-order valence-corrected chi connectivity index (χ0v) is 11.0. The third-order valence-corrected chi connectivity index (χ3v) is 3.46. The molecule has 1 fully saturated rings. The molecule has 0 aromatic heterocycles. The van der Waals surface area contributed by atoms with Gasteiger partial charge in [0.05, 0.1) is 6.54 Å². The predicted molar refractivity (Wildman–Crippen MR) is 66.4 cm³/mol. The van der Waals surface area contributed by atoms with E-state index >= 15 is 0 Å². The van der Waals surface area contributed by atoms with Crippen LogP contribution in [0, 0.1) is 0 Å². The molecule has 1 heterocycles. The normalized spacial score (nSPS) is 26.8. The van der Waals surface area contributed by atoms with Gasteiger partial charge in [-0.3, -0.25) is 4.79 Å². The molecule has 0 aromatic rings. The molecule has 1 aliphatic heterocycles. The van der Waals surface area contributed by atoms with Crippen molar-refractivity contribution >= 4 is 5.91 Å². The Balaban J connectivity index is 2.28. The van der Waals surface area contributed by atoms with Crippen LogP contribution in [0.3, 0.4) is 0 Å². The molecule has 4 nitrogen and oxygen atoms in total. The van der Waals surface area contributed by atoms with E-state index in [1.807, 2.05) is 0 Å². The number of amides is 1. The minimum atomic E-state index is 0.158. The molecule has 16 heavy (non-hydrogen) atoms. The minimum Gasteiger partial charge on any atom is -0.348 e. The maximum Gasteiger partial charge on any atom is 0.236 e. The van der Waals surface area contributed by atoms with Crippen LogP contribution in [0.5, 0.6) is 0 Å². The van der Waals surface area contributed by atoms with E-state index in [2.05, 4.69) is 24.1 Å². The molecule has 1 saturated heterocycles. The van der Waals surface area contributed by atoms with Gasteiger partial charge in [0.1, 0.15) is 0 Å². The average molecular weight is 227 g/mol. The standard InChI is InChI=1S/C12H25N3O/c1-5-15-7-6-11(8-10(15)2)13-9-12(16)14(3)4/h10-11,13H,5-9H2,1-4H3. The van der Waals surface area contributed by atoms with E-state index in [1.54, 1.807) is 19.0 Å². The summed E-state index contributed by atoms with van der Waals surface area (Å²) in [6.45, 7) is 7.22. The van der Waals surface area contributed by atoms with Gasteiger partial charge in [-0.2, -0.15) is 0 Å². The van der Waals surface area contributed by atoms with Crippen molar-refractivity contribution in [3.63, 3.8) is 0 Å². The van der Waals surface area contributed by atoms with Gasteiger partial charge in [0.2, 0.25) is 5.91 Å². The number of carbonyl (C=O) groups excluding carboxylic acids is 1. The molecule has 1 aliphatic rings. The summed E-state index contributed by atoms with van der Waals surface area (Å²) < 4.78 is 0. The van der Waals surface area contributed by atoms with Crippen LogP contribution in [0.15, 0.2) is 0 Å². The lowest BCUT2D eigenvalue weighted by Crippen LogP contribution is -2.49. The molecule has 0 aliphatic carbocycles. The van der Waals surface area contributed by atoms with Crippen LogP contribution in [0.2, 0.25) is 0 Å². The van der Waals surface area contributed by atoms with Crippen molar-refractivity contribution in [1.29, 1.82) is 0 Å². The Hall–Kier alpha value is -0.610. The number of carbonyl (C=O) groups is 1. The van der Waals surface area contributed by atoms with Crippen LogP contribution < -0.4 is 5.32 Å². The summed E-state index contributed by atoms with van der Waals surface area (Å²) in [5.41, 5.74) is 0. The highest BCUT2D eigenvalue weighted by atomic mass is 16.2. The van der Waals surface area contributed by atoms with Crippen molar-refractivity contribution in [3.8, 4) is 0 Å². The van der Waals surface area contributed by atoms with Gasteiger partial charge in [0.25, 0.3) is 0 Å². The van der Waals surface area contributed by atoms with E-state index in [0.29, 0.717) is 18.6 Å². The smallest absolute Gasteiger partial charge is 0.236 e. The summed E-state index contributed by atoms with van der Waals surface area (Å²) in [5, 5.41) is 3.36. The van der Waals surface area contributed by atoms with Crippen molar-refractivity contribution in [2.24, 2.45) is 0 Å². The van der Waals surface area contributed by atoms with Gasteiger partial charge < -0.3 is 15.1 Å². The quantitative estimate of drug-likeness (QED) is 0.761. The number of nitrogens with zero attached hydrogens (tertiary/aromatic N) is 2. The summed E-state index contributed by atoms with van der Waals surface area (Å²) in [4.78, 5) is 15.6. The second-order valence-corrected chi connectivity index (χ2v) is 4.87. The lowest BCUT2D eigenvalue weighted by atomic mass is 9.98. The fourth-order valence-electron chi connectivity index (χ4n) is 2.27. The molecule has 0 radical (unpaired) electrons. The molecule has 2 unspecified atom stereocenters. The van der Waals surface area contributed by atoms with E-state index in [9.17, 15) is 4.79 Å². The van der Waals surface area contributed by atoms with Gasteiger partial charge in [-0.1, -0.05) is 6.92 Å². The number of likely N-dealkylation sites (tertiary alicyclic amines) is 1. The molecule has 94 valence electrons. The van der Waals surface area contributed by atoms with Gasteiger partial charge in [-0.25, -0.2) is 0 Å². The highest BCUT2D eigenvalue weighted by molar-refractivity contribution is 5.77. The van der Waals surface area contributed by atoms with Crippen LogP contribution >= 0.6 is 0 Å². The fourth-order valence-corrected chi connectivity index (χ4v) is 2.27. The van der Waals surface area contributed by atoms with Crippen molar-refractivity contribution in [2.75, 3.05) is 33.7 Å². The van der Waals surface area contributed by atoms with E-state index < -0.39 is 0 Å². The third-order valence-electron chi connectivity index (χ3n) is 3.46. The summed E-state index contributed by atoms with van der Waals surface area (Å²) in [7, 11) is 3.60. The first kappa shape index (κ1) is 13.5. The van der Waals surface area contributed by atoms with Gasteiger partial charge in [0, 0.05) is 26.2 Å². The predicted octanol–water partition coefficient (Wildman–Crippen LogP) is 0.537. The maximum atomic E-state index is 11.4. The van der Waals surface area contributed by atoms with Crippen molar-refractivity contribution in [3.05, 3.63) is 0 Å². The lowest BCUT2D eigenvalue weighted by Gasteiger charge is -2.37. The molecule has 1 rings (SSSR count). The molecular weight excluding hydrogens is 202 g/mol. The number of rotatable bonds is 4. The first-order valence-corrected chi connectivity index (χ1v) is 6.22. The Morgan fingerprint density at radius 2 is 2.19 bits per heavy atom. The number of hydrogen-bond donors (Lipinski definition) is 1. The largest absolute Gasteiger partial charge is 0.348 e. The molecule has 1 N–H and O–H groups in total. The lowest BCUT2D eigenvalue weighted by molar-refractivity contribution is -0.127. The van der Waals surface area contributed by atoms with Crippen molar-refractivity contribution in [2.45, 2.75) is 38.8 Å². The second kappa shape index (κ2) is 6.21. The second-order valence-electron chi connectivity index (χ2n) is 4.87. The molecule has 0 spiro atoms. The summed E-state index contributed by atoms with van der Waals surface area (Å²) in [5.74, 6) is 0.158. The van der Waals surface area contributed by atoms with Gasteiger partial charge >= 0.3 is 0 Å². The first-order chi connectivity index (χ1) is 7.54. The Labute approximate surface area is 99.0 Å². The highest BCUT2D eigenvalue weighted by Gasteiger charge is 2.24. The Bertz CT molecular complexity index is 230. The van der Waals surface area contributed by atoms with Crippen LogP contribution in [-0.2, 0) is 4.79 Å². The van der Waals surface area contributed by atoms with Gasteiger partial charge in [0.15, 0.2) is 0 Å². The Morgan fingerprint density at radius 1 is 1.50 bits per heavy atom. The zero-order valence-electron chi connectivity index (χ0n) is 11.0. The fraction of sp³-hybridized carbons (Fsp3) is 0.917. The first-order valence-electron chi connectivity index (χ1n) is 6.22. The SMILES string of the molecule is CCN1CCC(NCC(=O)N(C)C)CC1C. The van der Waals surface area contributed by atoms with Gasteiger partial charge in [-0.05, 0) is 32.9 Å². The zero-order chi connectivity index (χ0) is 12.1. The molecule has 0 bridgehead atoms. The van der Waals surface area contributed by atoms with Crippen molar-refractivity contribution in [1.82, 2.24) is 15.1 Å². The number of nitrogens with one attached hydrogen (secondary N) is 1. The Morgan fingerprint density at radius 3 is 2.69 bits per heavy atom. The molecule has 2 atom stereocenters. The summed E-state index contributed by atoms with van der Waals surface area (Å²) >= 11 is 0. The molecule has 0 aromatic carbocycles. The molecule has 0 saturated carbocycles. The third kappa shape index (κ3) is 3.76. The monoisotopic (exact) mass is 227 g/mol. The van der Waals surface area contributed by atoms with Gasteiger partial charge in [-0.15, -0.1) is 0 Å². The average Bonchev–Trinajstić information content (AvgIpc) is 2.25. The van der Waals surface area contributed by atoms with E-state index in [-0.39, 0.29) is 5.91 Å². The molecular formula is C12H25N3O. The summed E-state index contributed by atoms with van der Waals surface area (Å²) in [6.07, 6.45) is 2.30. The maximum absolute atomic E-state index is 11.4. The minimum absolute atomic E-state index is 0.158. The topological polar surface area (TPSA) is 35.6 Å². The van der Waals surface area contributed by atoms with Crippen molar-refractivity contribution < 1.29 is 4.79 Å². The van der Waals surface area contributed by atoms with E-state index in [4.69, 9.17) is 0 Å². The molecule has 4 heteroatoms. The van der Waals surface area contributed by atoms with E-state index in [1.165, 1.54) is 0 Å². The Kier molecular flexibility index (Phi) is 5.22. The van der Waals surface area contributed by atoms with Crippen LogP contribution in [0.1, 0.15) is 26.7 Å². The number of hydrogen-bond acceptors (Lipinski definition) is 3. The van der Waals surface area contributed by atoms with Crippen LogP contribution in [-0.4, -0.2) is 61.5 Å². The molecule has 1 amide bonds. The van der Waals surface area contributed by atoms with E-state index in [0.717, 1.165) is 25.9 Å². The highest BCUT2D eigenvalue weighted by Crippen LogP contribution is 2.16. The van der Waals surface area contributed by atoms with Crippen LogP contribution in [0.25, 0.3) is 0 Å². The number of likely N-dealkylation sites (N-methyl/N-ethyl adjacent to an activating group) is 1.